The third kappa shape index (κ3) is 4.45. The molecule has 0 N–H and O–H groups in total. The zero-order valence-electron chi connectivity index (χ0n) is 29.4. The van der Waals surface area contributed by atoms with Gasteiger partial charge in [-0.3, -0.25) is 19.4 Å². The minimum Gasteiger partial charge on any atom is -0.344 e. The zero-order valence-corrected chi connectivity index (χ0v) is 29.4. The summed E-state index contributed by atoms with van der Waals surface area (Å²) in [5.41, 5.74) is 7.43. The van der Waals surface area contributed by atoms with E-state index in [2.05, 4.69) is 122 Å². The van der Waals surface area contributed by atoms with E-state index < -0.39 is 17.8 Å². The number of hydrogen-bond donors (Lipinski definition) is 0. The summed E-state index contributed by atoms with van der Waals surface area (Å²) in [7, 11) is 7.04. The van der Waals surface area contributed by atoms with E-state index in [4.69, 9.17) is 0 Å². The molecule has 0 bridgehead atoms. The lowest BCUT2D eigenvalue weighted by atomic mass is 9.95. The second-order valence-corrected chi connectivity index (χ2v) is 13.5. The standard InChI is InChI=1S/C43H40N4O3/c1-7-25-17-23-35-38-29(25)11-9-13-31(38)33(44(35)3)21-19-27-15-16-28(37(27)40-41(48)46(5)43(50)47(6)42(40)49)20-22-34-32-14-10-12-30-26(8-2)18-24-36(39(30)32)45(34)4/h9-14,17-24H,7-8,15-16H2,1-6H3/b27-19-,28-20+,33-21+,34-22+. The number of rotatable bonds is 4. The average Bonchev–Trinajstić information content (AvgIpc) is 3.75. The molecule has 4 aromatic carbocycles. The lowest BCUT2D eigenvalue weighted by Crippen LogP contribution is -2.53. The van der Waals surface area contributed by atoms with Crippen molar-refractivity contribution in [2.24, 2.45) is 14.1 Å². The molecule has 0 atom stereocenters. The van der Waals surface area contributed by atoms with Crippen molar-refractivity contribution >= 4 is 73.3 Å². The van der Waals surface area contributed by atoms with Crippen LogP contribution in [0.1, 0.15) is 37.8 Å². The predicted molar refractivity (Wildman–Crippen MR) is 202 cm³/mol. The van der Waals surface area contributed by atoms with Gasteiger partial charge in [0.25, 0.3) is 11.8 Å². The normalized spacial score (nSPS) is 18.5. The molecule has 7 nitrogen and oxygen atoms in total. The van der Waals surface area contributed by atoms with Gasteiger partial charge < -0.3 is 9.13 Å². The molecule has 6 aromatic rings. The molecule has 3 heterocycles. The highest BCUT2D eigenvalue weighted by molar-refractivity contribution is 6.29. The summed E-state index contributed by atoms with van der Waals surface area (Å²) in [6.45, 7) is 4.37. The van der Waals surface area contributed by atoms with Crippen LogP contribution in [0, 0.1) is 0 Å². The van der Waals surface area contributed by atoms with Gasteiger partial charge in [0, 0.05) is 71.5 Å². The number of amides is 4. The molecular formula is C43H40N4O3. The van der Waals surface area contributed by atoms with Crippen LogP contribution in [0.2, 0.25) is 0 Å². The monoisotopic (exact) mass is 660 g/mol. The molecule has 2 aliphatic rings. The van der Waals surface area contributed by atoms with E-state index in [1.807, 2.05) is 0 Å². The first-order valence-electron chi connectivity index (χ1n) is 17.4. The summed E-state index contributed by atoms with van der Waals surface area (Å²) in [4.78, 5) is 42.4. The number of barbiturate groups is 1. The molecule has 2 aromatic heterocycles. The number of imide groups is 2. The summed E-state index contributed by atoms with van der Waals surface area (Å²) in [5.74, 6) is -1.15. The van der Waals surface area contributed by atoms with Gasteiger partial charge in [-0.15, -0.1) is 0 Å². The van der Waals surface area contributed by atoms with Gasteiger partial charge in [0.15, 0.2) is 0 Å². The lowest BCUT2D eigenvalue weighted by Gasteiger charge is -2.30. The third-order valence-electron chi connectivity index (χ3n) is 11.0. The molecular weight excluding hydrogens is 620 g/mol. The molecule has 1 aliphatic carbocycles. The minimum absolute atomic E-state index is 0.0388. The van der Waals surface area contributed by atoms with E-state index in [0.717, 1.165) is 55.5 Å². The van der Waals surface area contributed by atoms with Crippen molar-refractivity contribution < 1.29 is 14.4 Å². The quantitative estimate of drug-likeness (QED) is 0.155. The largest absolute Gasteiger partial charge is 0.344 e. The Labute approximate surface area is 290 Å². The number of aryl methyl sites for hydroxylation is 4. The number of aromatic nitrogens is 2. The topological polar surface area (TPSA) is 67.6 Å². The number of carbonyl (C=O) groups excluding carboxylic acids is 3. The summed E-state index contributed by atoms with van der Waals surface area (Å²) in [5, 5.41) is 9.48. The molecule has 250 valence electrons. The Hall–Kier alpha value is -5.69. The number of hydrogen-bond acceptors (Lipinski definition) is 3. The molecule has 8 rings (SSSR count). The van der Waals surface area contributed by atoms with E-state index in [1.165, 1.54) is 57.5 Å². The van der Waals surface area contributed by atoms with Crippen molar-refractivity contribution in [3.8, 4) is 0 Å². The first-order chi connectivity index (χ1) is 24.2. The summed E-state index contributed by atoms with van der Waals surface area (Å²) < 4.78 is 4.43. The maximum atomic E-state index is 13.8. The van der Waals surface area contributed by atoms with Gasteiger partial charge in [-0.05, 0) is 88.6 Å². The summed E-state index contributed by atoms with van der Waals surface area (Å²) in [6.07, 6.45) is 11.6. The van der Waals surface area contributed by atoms with Gasteiger partial charge in [-0.25, -0.2) is 4.79 Å². The molecule has 1 aliphatic heterocycles. The van der Waals surface area contributed by atoms with Gasteiger partial charge in [-0.1, -0.05) is 74.5 Å². The zero-order chi connectivity index (χ0) is 35.0. The fraction of sp³-hybridized carbons (Fsp3) is 0.233. The fourth-order valence-electron chi connectivity index (χ4n) is 8.30. The number of likely N-dealkylation sites (N-methyl/N-ethyl adjacent to an activating group) is 2. The van der Waals surface area contributed by atoms with Crippen LogP contribution in [0.5, 0.6) is 0 Å². The first kappa shape index (κ1) is 31.6. The number of urea groups is 1. The Balaban J connectivity index is 1.35. The molecule has 2 fully saturated rings. The highest BCUT2D eigenvalue weighted by atomic mass is 16.2. The van der Waals surface area contributed by atoms with Crippen LogP contribution in [0.3, 0.4) is 0 Å². The van der Waals surface area contributed by atoms with Crippen molar-refractivity contribution in [1.29, 1.82) is 0 Å². The molecule has 1 saturated carbocycles. The van der Waals surface area contributed by atoms with E-state index in [1.54, 1.807) is 0 Å². The summed E-state index contributed by atoms with van der Waals surface area (Å²) >= 11 is 0. The van der Waals surface area contributed by atoms with Crippen molar-refractivity contribution in [2.75, 3.05) is 14.1 Å². The highest BCUT2D eigenvalue weighted by Gasteiger charge is 2.42. The van der Waals surface area contributed by atoms with Crippen LogP contribution in [-0.2, 0) is 36.5 Å². The van der Waals surface area contributed by atoms with Crippen molar-refractivity contribution in [3.63, 3.8) is 0 Å². The highest BCUT2D eigenvalue weighted by Crippen LogP contribution is 2.40. The van der Waals surface area contributed by atoms with E-state index in [9.17, 15) is 14.4 Å². The first-order valence-corrected chi connectivity index (χ1v) is 17.4. The predicted octanol–water partition coefficient (Wildman–Crippen LogP) is 6.79. The molecule has 0 spiro atoms. The number of nitrogens with zero attached hydrogens (tertiary/aromatic N) is 4. The lowest BCUT2D eigenvalue weighted by molar-refractivity contribution is -0.134. The van der Waals surface area contributed by atoms with Gasteiger partial charge in [0.2, 0.25) is 0 Å². The van der Waals surface area contributed by atoms with Gasteiger partial charge in [0.1, 0.15) is 5.57 Å². The third-order valence-corrected chi connectivity index (χ3v) is 11.0. The fourth-order valence-corrected chi connectivity index (χ4v) is 8.30. The van der Waals surface area contributed by atoms with Crippen LogP contribution >= 0.6 is 0 Å². The molecule has 0 unspecified atom stereocenters. The van der Waals surface area contributed by atoms with E-state index in [-0.39, 0.29) is 5.57 Å². The number of benzene rings is 4. The van der Waals surface area contributed by atoms with Gasteiger partial charge in [-0.2, -0.15) is 0 Å². The maximum absolute atomic E-state index is 13.8. The number of carbonyl (C=O) groups is 3. The Morgan fingerprint density at radius 1 is 0.540 bits per heavy atom. The average molecular weight is 661 g/mol. The van der Waals surface area contributed by atoms with Crippen LogP contribution < -0.4 is 10.7 Å². The molecule has 7 heteroatoms. The van der Waals surface area contributed by atoms with Crippen LogP contribution in [-0.4, -0.2) is 50.9 Å². The molecule has 50 heavy (non-hydrogen) atoms. The van der Waals surface area contributed by atoms with Gasteiger partial charge in [0.05, 0.1) is 0 Å². The van der Waals surface area contributed by atoms with Crippen LogP contribution in [0.4, 0.5) is 4.79 Å². The van der Waals surface area contributed by atoms with Crippen molar-refractivity contribution in [1.82, 2.24) is 18.9 Å². The molecule has 0 radical (unpaired) electrons. The molecule has 1 saturated heterocycles. The SMILES string of the molecule is CCc1ccc2c3c1cccc3/c(=C\C=C1\CC/C(=C\C=c3/c4cccc5c(CC)ccc(c54)n3C)C1=C1C(=O)N(C)C(=O)N(C)C1=O)n2C. The van der Waals surface area contributed by atoms with E-state index in [0.29, 0.717) is 18.4 Å². The van der Waals surface area contributed by atoms with Gasteiger partial charge >= 0.3 is 6.03 Å². The van der Waals surface area contributed by atoms with Crippen molar-refractivity contribution in [2.45, 2.75) is 39.5 Å². The smallest absolute Gasteiger partial charge is 0.333 e. The van der Waals surface area contributed by atoms with Crippen LogP contribution in [0.15, 0.2) is 95.1 Å². The summed E-state index contributed by atoms with van der Waals surface area (Å²) in [6, 6.07) is 21.1. The second kappa shape index (κ2) is 11.7. The Kier molecular flexibility index (Phi) is 7.40. The second-order valence-electron chi connectivity index (χ2n) is 13.5. The maximum Gasteiger partial charge on any atom is 0.333 e. The number of allylic oxidation sites excluding steroid dienone is 5. The molecule has 4 amide bonds. The van der Waals surface area contributed by atoms with E-state index >= 15 is 0 Å². The minimum atomic E-state index is -0.627. The van der Waals surface area contributed by atoms with Crippen LogP contribution in [0.25, 0.3) is 55.5 Å². The Morgan fingerprint density at radius 2 is 0.960 bits per heavy atom. The van der Waals surface area contributed by atoms with Crippen molar-refractivity contribution in [3.05, 3.63) is 117 Å². The Morgan fingerprint density at radius 3 is 1.38 bits per heavy atom. The Bertz CT molecular complexity index is 2500.